The monoisotopic (exact) mass is 328 g/mol. The molecule has 0 amide bonds. The molecule has 0 aliphatic rings. The van der Waals surface area contributed by atoms with Crippen LogP contribution in [0.2, 0.25) is 0 Å². The number of thioether (sulfide) groups is 1. The third-order valence-electron chi connectivity index (χ3n) is 3.08. The lowest BCUT2D eigenvalue weighted by Gasteiger charge is -2.05. The van der Waals surface area contributed by atoms with Crippen LogP contribution in [-0.4, -0.2) is 21.7 Å². The van der Waals surface area contributed by atoms with E-state index in [0.29, 0.717) is 5.03 Å². The maximum absolute atomic E-state index is 12.8. The van der Waals surface area contributed by atoms with Crippen molar-refractivity contribution in [2.45, 2.75) is 11.6 Å². The van der Waals surface area contributed by atoms with Crippen LogP contribution in [-0.2, 0) is 16.1 Å². The molecule has 1 aromatic heterocycles. The van der Waals surface area contributed by atoms with Gasteiger partial charge >= 0.3 is 5.97 Å². The van der Waals surface area contributed by atoms with Crippen LogP contribution in [0.4, 0.5) is 4.39 Å². The van der Waals surface area contributed by atoms with Gasteiger partial charge in [0.2, 0.25) is 0 Å². The molecule has 0 fully saturated rings. The van der Waals surface area contributed by atoms with E-state index in [9.17, 15) is 9.18 Å². The van der Waals surface area contributed by atoms with Crippen molar-refractivity contribution in [2.75, 3.05) is 5.75 Å². The summed E-state index contributed by atoms with van der Waals surface area (Å²) in [5.74, 6) is -0.520. The molecule has 23 heavy (non-hydrogen) atoms. The number of benzene rings is 2. The average Bonchev–Trinajstić information content (AvgIpc) is 2.59. The van der Waals surface area contributed by atoms with Crippen LogP contribution >= 0.6 is 11.8 Å². The summed E-state index contributed by atoms with van der Waals surface area (Å²) in [5.41, 5.74) is 2.35. The van der Waals surface area contributed by atoms with E-state index in [1.165, 1.54) is 23.9 Å². The molecule has 0 radical (unpaired) electrons. The molecule has 0 spiro atoms. The zero-order chi connectivity index (χ0) is 16.1. The Kier molecular flexibility index (Phi) is 4.83. The molecule has 3 rings (SSSR count). The van der Waals surface area contributed by atoms with E-state index in [4.69, 9.17) is 4.74 Å². The van der Waals surface area contributed by atoms with Gasteiger partial charge in [0.05, 0.1) is 23.0 Å². The van der Waals surface area contributed by atoms with Crippen molar-refractivity contribution >= 4 is 28.8 Å². The maximum atomic E-state index is 12.8. The highest BCUT2D eigenvalue weighted by Crippen LogP contribution is 2.18. The molecule has 0 atom stereocenters. The van der Waals surface area contributed by atoms with Gasteiger partial charge in [0.1, 0.15) is 17.5 Å². The number of fused-ring (bicyclic) bond motifs is 1. The van der Waals surface area contributed by atoms with Crippen molar-refractivity contribution in [3.63, 3.8) is 0 Å². The Labute approximate surface area is 136 Å². The lowest BCUT2D eigenvalue weighted by atomic mass is 10.2. The SMILES string of the molecule is O=C(CSc1cnc2ccccc2n1)OCc1ccc(F)cc1. The fraction of sp³-hybridized carbons (Fsp3) is 0.118. The second-order valence-electron chi connectivity index (χ2n) is 4.77. The molecule has 4 nitrogen and oxygen atoms in total. The standard InChI is InChI=1S/C17H13FN2O2S/c18-13-7-5-12(6-8-13)10-22-17(21)11-23-16-9-19-14-3-1-2-4-15(14)20-16/h1-9H,10-11H2. The van der Waals surface area contributed by atoms with Crippen molar-refractivity contribution in [3.05, 3.63) is 66.1 Å². The molecule has 0 aliphatic heterocycles. The minimum absolute atomic E-state index is 0.128. The fourth-order valence-corrected chi connectivity index (χ4v) is 2.57. The van der Waals surface area contributed by atoms with E-state index in [0.717, 1.165) is 16.6 Å². The molecule has 0 aliphatic carbocycles. The topological polar surface area (TPSA) is 52.1 Å². The summed E-state index contributed by atoms with van der Waals surface area (Å²) in [5, 5.41) is 0.669. The number of esters is 1. The Morgan fingerprint density at radius 3 is 2.61 bits per heavy atom. The molecular weight excluding hydrogens is 315 g/mol. The van der Waals surface area contributed by atoms with Crippen molar-refractivity contribution in [3.8, 4) is 0 Å². The van der Waals surface area contributed by atoms with Gasteiger partial charge < -0.3 is 4.74 Å². The highest BCUT2D eigenvalue weighted by Gasteiger charge is 2.07. The van der Waals surface area contributed by atoms with Crippen molar-refractivity contribution < 1.29 is 13.9 Å². The van der Waals surface area contributed by atoms with Crippen LogP contribution in [0.3, 0.4) is 0 Å². The number of carbonyl (C=O) groups is 1. The molecule has 3 aromatic rings. The second-order valence-corrected chi connectivity index (χ2v) is 5.77. The van der Waals surface area contributed by atoms with E-state index in [1.807, 2.05) is 24.3 Å². The molecule has 6 heteroatoms. The molecule has 0 saturated heterocycles. The summed E-state index contributed by atoms with van der Waals surface area (Å²) >= 11 is 1.27. The first kappa shape index (κ1) is 15.4. The molecule has 0 N–H and O–H groups in total. The minimum Gasteiger partial charge on any atom is -0.460 e. The van der Waals surface area contributed by atoms with E-state index < -0.39 is 0 Å². The van der Waals surface area contributed by atoms with Gasteiger partial charge in [0.15, 0.2) is 0 Å². The van der Waals surface area contributed by atoms with Crippen LogP contribution in [0.1, 0.15) is 5.56 Å². The molecule has 116 valence electrons. The van der Waals surface area contributed by atoms with Gasteiger partial charge in [-0.2, -0.15) is 0 Å². The fourth-order valence-electron chi connectivity index (χ4n) is 1.93. The van der Waals surface area contributed by atoms with Crippen LogP contribution in [0.5, 0.6) is 0 Å². The third-order valence-corrected chi connectivity index (χ3v) is 3.95. The van der Waals surface area contributed by atoms with Gasteiger partial charge in [-0.3, -0.25) is 9.78 Å². The Hall–Kier alpha value is -2.47. The van der Waals surface area contributed by atoms with Gasteiger partial charge in [-0.1, -0.05) is 36.0 Å². The summed E-state index contributed by atoms with van der Waals surface area (Å²) in [6, 6.07) is 13.4. The third kappa shape index (κ3) is 4.26. The van der Waals surface area contributed by atoms with Gasteiger partial charge in [0, 0.05) is 0 Å². The summed E-state index contributed by atoms with van der Waals surface area (Å²) in [7, 11) is 0. The predicted octanol–water partition coefficient (Wildman–Crippen LogP) is 3.60. The van der Waals surface area contributed by atoms with Crippen molar-refractivity contribution in [1.82, 2.24) is 9.97 Å². The quantitative estimate of drug-likeness (QED) is 0.529. The molecule has 2 aromatic carbocycles. The lowest BCUT2D eigenvalue weighted by molar-refractivity contribution is -0.141. The first-order valence-electron chi connectivity index (χ1n) is 6.95. The van der Waals surface area contributed by atoms with Crippen LogP contribution in [0.15, 0.2) is 59.8 Å². The zero-order valence-corrected chi connectivity index (χ0v) is 12.9. The second kappa shape index (κ2) is 7.19. The molecular formula is C17H13FN2O2S. The van der Waals surface area contributed by atoms with E-state index in [1.54, 1.807) is 18.3 Å². The van der Waals surface area contributed by atoms with E-state index >= 15 is 0 Å². The van der Waals surface area contributed by atoms with Crippen LogP contribution < -0.4 is 0 Å². The van der Waals surface area contributed by atoms with Gasteiger partial charge in [0.25, 0.3) is 0 Å². The van der Waals surface area contributed by atoms with Crippen molar-refractivity contribution in [1.29, 1.82) is 0 Å². The summed E-state index contributed by atoms with van der Waals surface area (Å²) in [6.07, 6.45) is 1.64. The Morgan fingerprint density at radius 1 is 1.09 bits per heavy atom. The van der Waals surface area contributed by atoms with E-state index in [-0.39, 0.29) is 24.1 Å². The predicted molar refractivity (Wildman–Crippen MR) is 86.5 cm³/mol. The number of hydrogen-bond donors (Lipinski definition) is 0. The number of hydrogen-bond acceptors (Lipinski definition) is 5. The molecule has 1 heterocycles. The number of carbonyl (C=O) groups excluding carboxylic acids is 1. The smallest absolute Gasteiger partial charge is 0.316 e. The van der Waals surface area contributed by atoms with Gasteiger partial charge in [-0.25, -0.2) is 9.37 Å². The number of para-hydroxylation sites is 2. The Bertz CT molecular complexity index is 824. The highest BCUT2D eigenvalue weighted by molar-refractivity contribution is 7.99. The largest absolute Gasteiger partial charge is 0.460 e. The summed E-state index contributed by atoms with van der Waals surface area (Å²) < 4.78 is 17.9. The van der Waals surface area contributed by atoms with Gasteiger partial charge in [-0.05, 0) is 29.8 Å². The average molecular weight is 328 g/mol. The summed E-state index contributed by atoms with van der Waals surface area (Å²) in [6.45, 7) is 0.128. The molecule has 0 saturated carbocycles. The van der Waals surface area contributed by atoms with Crippen molar-refractivity contribution in [2.24, 2.45) is 0 Å². The zero-order valence-electron chi connectivity index (χ0n) is 12.1. The lowest BCUT2D eigenvalue weighted by Crippen LogP contribution is -2.07. The first-order valence-corrected chi connectivity index (χ1v) is 7.94. The van der Waals surface area contributed by atoms with Crippen LogP contribution in [0, 0.1) is 5.82 Å². The van der Waals surface area contributed by atoms with Gasteiger partial charge in [-0.15, -0.1) is 0 Å². The maximum Gasteiger partial charge on any atom is 0.316 e. The number of rotatable bonds is 5. The Morgan fingerprint density at radius 2 is 1.83 bits per heavy atom. The number of nitrogens with zero attached hydrogens (tertiary/aromatic N) is 2. The number of ether oxygens (including phenoxy) is 1. The number of halogens is 1. The highest BCUT2D eigenvalue weighted by atomic mass is 32.2. The Balaban J connectivity index is 1.52. The summed E-state index contributed by atoms with van der Waals surface area (Å²) in [4.78, 5) is 20.5. The number of aromatic nitrogens is 2. The normalized spacial score (nSPS) is 10.7. The van der Waals surface area contributed by atoms with Crippen LogP contribution in [0.25, 0.3) is 11.0 Å². The molecule has 0 unspecified atom stereocenters. The van der Waals surface area contributed by atoms with E-state index in [2.05, 4.69) is 9.97 Å². The minimum atomic E-state index is -0.353. The molecule has 0 bridgehead atoms. The first-order chi connectivity index (χ1) is 11.2.